The average Bonchev–Trinajstić information content (AvgIpc) is 2.98. The van der Waals surface area contributed by atoms with Crippen molar-refractivity contribution >= 4 is 17.5 Å². The van der Waals surface area contributed by atoms with E-state index < -0.39 is 0 Å². The van der Waals surface area contributed by atoms with Crippen LogP contribution in [0.4, 0.5) is 5.69 Å². The first-order valence-corrected chi connectivity index (χ1v) is 11.5. The summed E-state index contributed by atoms with van der Waals surface area (Å²) in [4.78, 5) is 29.8. The lowest BCUT2D eigenvalue weighted by Crippen LogP contribution is -2.47. The molecule has 2 N–H and O–H groups in total. The largest absolute Gasteiger partial charge is 0.350 e. The summed E-state index contributed by atoms with van der Waals surface area (Å²) < 4.78 is 0. The number of nitrogens with zero attached hydrogens (tertiary/aromatic N) is 2. The van der Waals surface area contributed by atoms with Gasteiger partial charge in [0.05, 0.1) is 12.6 Å². The van der Waals surface area contributed by atoms with Crippen molar-refractivity contribution in [2.24, 2.45) is 0 Å². The SMILES string of the molecule is C[C@H](C(=O)Nc1ccccc1-c1ccccc1)N1CCCN(CC(=O)NC(C)(C)C)CC1. The highest BCUT2D eigenvalue weighted by Crippen LogP contribution is 2.27. The summed E-state index contributed by atoms with van der Waals surface area (Å²) in [7, 11) is 0. The van der Waals surface area contributed by atoms with Crippen molar-refractivity contribution in [1.29, 1.82) is 0 Å². The van der Waals surface area contributed by atoms with Crippen LogP contribution in [0.1, 0.15) is 34.1 Å². The van der Waals surface area contributed by atoms with E-state index >= 15 is 0 Å². The van der Waals surface area contributed by atoms with Gasteiger partial charge < -0.3 is 10.6 Å². The van der Waals surface area contributed by atoms with E-state index in [2.05, 4.69) is 20.4 Å². The van der Waals surface area contributed by atoms with E-state index in [0.29, 0.717) is 6.54 Å². The molecule has 0 aliphatic carbocycles. The van der Waals surface area contributed by atoms with Crippen LogP contribution >= 0.6 is 0 Å². The Hall–Kier alpha value is -2.70. The third-order valence-electron chi connectivity index (χ3n) is 5.70. The van der Waals surface area contributed by atoms with E-state index in [-0.39, 0.29) is 23.4 Å². The number of carbonyl (C=O) groups excluding carboxylic acids is 2. The number of hydrogen-bond acceptors (Lipinski definition) is 4. The van der Waals surface area contributed by atoms with Crippen LogP contribution in [0.3, 0.4) is 0 Å². The van der Waals surface area contributed by atoms with Crippen LogP contribution in [0.15, 0.2) is 54.6 Å². The summed E-state index contributed by atoms with van der Waals surface area (Å²) in [6.07, 6.45) is 0.932. The lowest BCUT2D eigenvalue weighted by molar-refractivity contribution is -0.124. The minimum Gasteiger partial charge on any atom is -0.350 e. The van der Waals surface area contributed by atoms with Crippen molar-refractivity contribution < 1.29 is 9.59 Å². The number of amides is 2. The molecule has 1 heterocycles. The van der Waals surface area contributed by atoms with Crippen LogP contribution < -0.4 is 10.6 Å². The van der Waals surface area contributed by atoms with E-state index in [9.17, 15) is 9.59 Å². The molecule has 32 heavy (non-hydrogen) atoms. The van der Waals surface area contributed by atoms with Gasteiger partial charge in [-0.25, -0.2) is 0 Å². The highest BCUT2D eigenvalue weighted by atomic mass is 16.2. The Kier molecular flexibility index (Phi) is 8.04. The molecule has 6 heteroatoms. The fourth-order valence-corrected chi connectivity index (χ4v) is 4.06. The highest BCUT2D eigenvalue weighted by molar-refractivity contribution is 5.98. The second-order valence-corrected chi connectivity index (χ2v) is 9.54. The number of para-hydroxylation sites is 1. The molecule has 172 valence electrons. The van der Waals surface area contributed by atoms with Gasteiger partial charge in [-0.2, -0.15) is 0 Å². The van der Waals surface area contributed by atoms with Crippen molar-refractivity contribution in [1.82, 2.24) is 15.1 Å². The highest BCUT2D eigenvalue weighted by Gasteiger charge is 2.26. The number of anilines is 1. The van der Waals surface area contributed by atoms with Crippen molar-refractivity contribution in [2.45, 2.75) is 45.7 Å². The monoisotopic (exact) mass is 436 g/mol. The molecule has 6 nitrogen and oxygen atoms in total. The van der Waals surface area contributed by atoms with E-state index in [4.69, 9.17) is 0 Å². The fourth-order valence-electron chi connectivity index (χ4n) is 4.06. The molecule has 2 amide bonds. The Labute approximate surface area is 192 Å². The van der Waals surface area contributed by atoms with Gasteiger partial charge in [0.1, 0.15) is 0 Å². The topological polar surface area (TPSA) is 64.7 Å². The second-order valence-electron chi connectivity index (χ2n) is 9.54. The van der Waals surface area contributed by atoms with Gasteiger partial charge in [-0.05, 0) is 52.3 Å². The Morgan fingerprint density at radius 1 is 0.938 bits per heavy atom. The number of carbonyl (C=O) groups is 2. The lowest BCUT2D eigenvalue weighted by atomic mass is 10.0. The molecule has 1 fully saturated rings. The normalized spacial score (nSPS) is 16.8. The summed E-state index contributed by atoms with van der Waals surface area (Å²) in [6.45, 7) is 11.6. The Bertz CT molecular complexity index is 908. The number of rotatable bonds is 6. The van der Waals surface area contributed by atoms with Gasteiger partial charge in [-0.15, -0.1) is 0 Å². The molecule has 0 saturated carbocycles. The molecule has 0 aromatic heterocycles. The molecular formula is C26H36N4O2. The first-order chi connectivity index (χ1) is 15.2. The molecule has 2 aromatic rings. The van der Waals surface area contributed by atoms with E-state index in [1.54, 1.807) is 0 Å². The Balaban J connectivity index is 1.58. The molecule has 0 spiro atoms. The predicted octanol–water partition coefficient (Wildman–Crippen LogP) is 3.60. The van der Waals surface area contributed by atoms with Crippen molar-refractivity contribution in [3.05, 3.63) is 54.6 Å². The first-order valence-electron chi connectivity index (χ1n) is 11.5. The maximum absolute atomic E-state index is 13.1. The molecule has 3 rings (SSSR count). The van der Waals surface area contributed by atoms with Gasteiger partial charge in [0.2, 0.25) is 11.8 Å². The summed E-state index contributed by atoms with van der Waals surface area (Å²) in [5.74, 6) is 0.0431. The van der Waals surface area contributed by atoms with Crippen molar-refractivity contribution in [3.8, 4) is 11.1 Å². The van der Waals surface area contributed by atoms with Crippen LogP contribution in [0.25, 0.3) is 11.1 Å². The van der Waals surface area contributed by atoms with E-state index in [1.807, 2.05) is 82.3 Å². The van der Waals surface area contributed by atoms with Crippen LogP contribution in [0, 0.1) is 0 Å². The number of benzene rings is 2. The fraction of sp³-hybridized carbons (Fsp3) is 0.462. The minimum absolute atomic E-state index is 0.00712. The van der Waals surface area contributed by atoms with Gasteiger partial charge in [-0.3, -0.25) is 19.4 Å². The molecule has 1 atom stereocenters. The lowest BCUT2D eigenvalue weighted by Gasteiger charge is -2.27. The van der Waals surface area contributed by atoms with Crippen molar-refractivity contribution in [2.75, 3.05) is 38.0 Å². The molecule has 0 radical (unpaired) electrons. The maximum Gasteiger partial charge on any atom is 0.241 e. The van der Waals surface area contributed by atoms with Crippen LogP contribution in [0.5, 0.6) is 0 Å². The van der Waals surface area contributed by atoms with E-state index in [1.165, 1.54) is 0 Å². The average molecular weight is 437 g/mol. The maximum atomic E-state index is 13.1. The Morgan fingerprint density at radius 3 is 2.34 bits per heavy atom. The number of nitrogens with one attached hydrogen (secondary N) is 2. The van der Waals surface area contributed by atoms with Crippen LogP contribution in [-0.2, 0) is 9.59 Å². The second kappa shape index (κ2) is 10.7. The molecule has 1 saturated heterocycles. The summed E-state index contributed by atoms with van der Waals surface area (Å²) >= 11 is 0. The smallest absolute Gasteiger partial charge is 0.241 e. The van der Waals surface area contributed by atoms with Gasteiger partial charge in [0.15, 0.2) is 0 Å². The molecule has 1 aliphatic heterocycles. The predicted molar refractivity (Wildman–Crippen MR) is 130 cm³/mol. The van der Waals surface area contributed by atoms with E-state index in [0.717, 1.165) is 49.4 Å². The van der Waals surface area contributed by atoms with Gasteiger partial charge in [-0.1, -0.05) is 48.5 Å². The molecule has 0 bridgehead atoms. The Morgan fingerprint density at radius 2 is 1.62 bits per heavy atom. The van der Waals surface area contributed by atoms with Crippen molar-refractivity contribution in [3.63, 3.8) is 0 Å². The molecule has 0 unspecified atom stereocenters. The first kappa shape index (κ1) is 24.0. The summed E-state index contributed by atoms with van der Waals surface area (Å²) in [5.41, 5.74) is 2.69. The zero-order chi connectivity index (χ0) is 23.1. The standard InChI is InChI=1S/C26H36N4O2/c1-20(30-16-10-15-29(17-18-30)19-24(31)28-26(2,3)4)25(32)27-23-14-9-8-13-22(23)21-11-6-5-7-12-21/h5-9,11-14,20H,10,15-19H2,1-4H3,(H,27,32)(H,28,31)/t20-/m1/s1. The third-order valence-corrected chi connectivity index (χ3v) is 5.70. The third kappa shape index (κ3) is 6.90. The van der Waals surface area contributed by atoms with Crippen LogP contribution in [-0.4, -0.2) is 65.9 Å². The van der Waals surface area contributed by atoms with Crippen LogP contribution in [0.2, 0.25) is 0 Å². The zero-order valence-corrected chi connectivity index (χ0v) is 19.7. The molecule has 1 aliphatic rings. The minimum atomic E-state index is -0.248. The van der Waals surface area contributed by atoms with Gasteiger partial charge in [0, 0.05) is 36.4 Å². The zero-order valence-electron chi connectivity index (χ0n) is 19.7. The molecule has 2 aromatic carbocycles. The summed E-state index contributed by atoms with van der Waals surface area (Å²) in [6, 6.07) is 17.8. The van der Waals surface area contributed by atoms with Gasteiger partial charge in [0.25, 0.3) is 0 Å². The summed E-state index contributed by atoms with van der Waals surface area (Å²) in [5, 5.41) is 6.16. The number of hydrogen-bond donors (Lipinski definition) is 2. The van der Waals surface area contributed by atoms with Gasteiger partial charge >= 0.3 is 0 Å². The molecular weight excluding hydrogens is 400 g/mol. The quantitative estimate of drug-likeness (QED) is 0.726.